The van der Waals surface area contributed by atoms with Crippen LogP contribution in [0.4, 0.5) is 5.82 Å². The topological polar surface area (TPSA) is 79.5 Å². The minimum absolute atomic E-state index is 0.123. The van der Waals surface area contributed by atoms with Crippen LogP contribution in [0.5, 0.6) is 0 Å². The average molecular weight is 221 g/mol. The zero-order chi connectivity index (χ0) is 11.5. The van der Waals surface area contributed by atoms with Crippen LogP contribution in [0.25, 0.3) is 0 Å². The van der Waals surface area contributed by atoms with E-state index >= 15 is 0 Å². The van der Waals surface area contributed by atoms with Gasteiger partial charge in [-0.3, -0.25) is 0 Å². The Labute approximate surface area is 93.9 Å². The first-order valence-corrected chi connectivity index (χ1v) is 5.40. The zero-order valence-electron chi connectivity index (χ0n) is 8.97. The van der Waals surface area contributed by atoms with Gasteiger partial charge in [0, 0.05) is 12.7 Å². The molecule has 1 aliphatic rings. The molecule has 1 unspecified atom stereocenters. The largest absolute Gasteiger partial charge is 0.478 e. The highest BCUT2D eigenvalue weighted by molar-refractivity contribution is 5.93. The SMILES string of the molecule is NC1CCCCN1c1ncccc1C(=O)O. The van der Waals surface area contributed by atoms with Crippen molar-refractivity contribution >= 4 is 11.8 Å². The van der Waals surface area contributed by atoms with Crippen molar-refractivity contribution < 1.29 is 9.90 Å². The maximum atomic E-state index is 11.1. The summed E-state index contributed by atoms with van der Waals surface area (Å²) in [5, 5.41) is 9.08. The van der Waals surface area contributed by atoms with Crippen molar-refractivity contribution in [2.45, 2.75) is 25.4 Å². The molecule has 5 heteroatoms. The first-order valence-electron chi connectivity index (χ1n) is 5.40. The highest BCUT2D eigenvalue weighted by Crippen LogP contribution is 2.23. The molecule has 0 spiro atoms. The Kier molecular flexibility index (Phi) is 3.05. The minimum Gasteiger partial charge on any atom is -0.478 e. The van der Waals surface area contributed by atoms with E-state index in [1.165, 1.54) is 0 Å². The molecule has 0 amide bonds. The van der Waals surface area contributed by atoms with Gasteiger partial charge in [-0.15, -0.1) is 0 Å². The van der Waals surface area contributed by atoms with Gasteiger partial charge in [-0.1, -0.05) is 0 Å². The fourth-order valence-electron chi connectivity index (χ4n) is 2.01. The molecule has 2 heterocycles. The van der Waals surface area contributed by atoms with Crippen LogP contribution in [0.1, 0.15) is 29.6 Å². The second-order valence-corrected chi connectivity index (χ2v) is 3.94. The molecular weight excluding hydrogens is 206 g/mol. The minimum atomic E-state index is -0.958. The van der Waals surface area contributed by atoms with E-state index in [9.17, 15) is 4.79 Å². The highest BCUT2D eigenvalue weighted by atomic mass is 16.4. The summed E-state index contributed by atoms with van der Waals surface area (Å²) in [5.41, 5.74) is 6.20. The highest BCUT2D eigenvalue weighted by Gasteiger charge is 2.24. The van der Waals surface area contributed by atoms with Gasteiger partial charge in [0.05, 0.1) is 6.17 Å². The molecule has 1 fully saturated rings. The molecule has 3 N–H and O–H groups in total. The fraction of sp³-hybridized carbons (Fsp3) is 0.455. The van der Waals surface area contributed by atoms with E-state index in [4.69, 9.17) is 10.8 Å². The van der Waals surface area contributed by atoms with E-state index < -0.39 is 5.97 Å². The quantitative estimate of drug-likeness (QED) is 0.780. The summed E-state index contributed by atoms with van der Waals surface area (Å²) in [4.78, 5) is 17.1. The molecule has 16 heavy (non-hydrogen) atoms. The van der Waals surface area contributed by atoms with Gasteiger partial charge >= 0.3 is 5.97 Å². The molecular formula is C11H15N3O2. The molecule has 0 saturated carbocycles. The maximum Gasteiger partial charge on any atom is 0.339 e. The van der Waals surface area contributed by atoms with Gasteiger partial charge in [0.2, 0.25) is 0 Å². The number of pyridine rings is 1. The van der Waals surface area contributed by atoms with Crippen molar-refractivity contribution in [3.05, 3.63) is 23.9 Å². The molecule has 0 radical (unpaired) electrons. The third-order valence-corrected chi connectivity index (χ3v) is 2.84. The van der Waals surface area contributed by atoms with Gasteiger partial charge in [0.25, 0.3) is 0 Å². The Hall–Kier alpha value is -1.62. The number of nitrogens with two attached hydrogens (primary N) is 1. The number of carbonyl (C=O) groups is 1. The number of carboxylic acids is 1. The molecule has 1 aromatic heterocycles. The van der Waals surface area contributed by atoms with Crippen molar-refractivity contribution in [3.63, 3.8) is 0 Å². The average Bonchev–Trinajstić information content (AvgIpc) is 2.29. The third kappa shape index (κ3) is 1.99. The Bertz CT molecular complexity index is 395. The number of aromatic nitrogens is 1. The monoisotopic (exact) mass is 221 g/mol. The lowest BCUT2D eigenvalue weighted by atomic mass is 10.1. The summed E-state index contributed by atoms with van der Waals surface area (Å²) in [7, 11) is 0. The Balaban J connectivity index is 2.34. The van der Waals surface area contributed by atoms with Crippen LogP contribution in [0.2, 0.25) is 0 Å². The summed E-state index contributed by atoms with van der Waals surface area (Å²) in [6.45, 7) is 0.776. The summed E-state index contributed by atoms with van der Waals surface area (Å²) >= 11 is 0. The van der Waals surface area contributed by atoms with Gasteiger partial charge < -0.3 is 15.7 Å². The molecule has 1 saturated heterocycles. The van der Waals surface area contributed by atoms with Crippen LogP contribution >= 0.6 is 0 Å². The number of hydrogen-bond donors (Lipinski definition) is 2. The lowest BCUT2D eigenvalue weighted by Crippen LogP contribution is -2.46. The summed E-state index contributed by atoms with van der Waals surface area (Å²) in [6.07, 6.45) is 4.48. The van der Waals surface area contributed by atoms with Crippen LogP contribution in [0.15, 0.2) is 18.3 Å². The molecule has 0 aliphatic carbocycles. The summed E-state index contributed by atoms with van der Waals surface area (Å²) in [5.74, 6) is -0.469. The number of rotatable bonds is 2. The predicted molar refractivity (Wildman–Crippen MR) is 60.4 cm³/mol. The molecule has 0 aromatic carbocycles. The molecule has 86 valence electrons. The second kappa shape index (κ2) is 4.49. The first-order chi connectivity index (χ1) is 7.70. The fourth-order valence-corrected chi connectivity index (χ4v) is 2.01. The normalized spacial score (nSPS) is 20.8. The molecule has 2 rings (SSSR count). The smallest absolute Gasteiger partial charge is 0.339 e. The van der Waals surface area contributed by atoms with Crippen LogP contribution < -0.4 is 10.6 Å². The van der Waals surface area contributed by atoms with Crippen molar-refractivity contribution in [2.75, 3.05) is 11.4 Å². The van der Waals surface area contributed by atoms with E-state index in [1.807, 2.05) is 4.90 Å². The van der Waals surface area contributed by atoms with Crippen molar-refractivity contribution in [1.82, 2.24) is 4.98 Å². The van der Waals surface area contributed by atoms with Gasteiger partial charge in [0.15, 0.2) is 0 Å². The molecule has 1 aromatic rings. The van der Waals surface area contributed by atoms with Crippen LogP contribution in [-0.4, -0.2) is 28.8 Å². The molecule has 0 bridgehead atoms. The van der Waals surface area contributed by atoms with Crippen LogP contribution in [0, 0.1) is 0 Å². The van der Waals surface area contributed by atoms with Gasteiger partial charge in [-0.2, -0.15) is 0 Å². The second-order valence-electron chi connectivity index (χ2n) is 3.94. The Morgan fingerprint density at radius 2 is 2.38 bits per heavy atom. The lowest BCUT2D eigenvalue weighted by molar-refractivity contribution is 0.0697. The van der Waals surface area contributed by atoms with E-state index in [1.54, 1.807) is 18.3 Å². The standard InChI is InChI=1S/C11H15N3O2/c12-9-5-1-2-7-14(9)10-8(11(15)16)4-3-6-13-10/h3-4,6,9H,1-2,5,7,12H2,(H,15,16). The Morgan fingerprint density at radius 1 is 1.56 bits per heavy atom. The van der Waals surface area contributed by atoms with Crippen LogP contribution in [0.3, 0.4) is 0 Å². The number of piperidine rings is 1. The van der Waals surface area contributed by atoms with Crippen LogP contribution in [-0.2, 0) is 0 Å². The van der Waals surface area contributed by atoms with E-state index in [-0.39, 0.29) is 11.7 Å². The molecule has 1 aliphatic heterocycles. The zero-order valence-corrected chi connectivity index (χ0v) is 8.97. The van der Waals surface area contributed by atoms with Gasteiger partial charge in [0.1, 0.15) is 11.4 Å². The molecule has 1 atom stereocenters. The van der Waals surface area contributed by atoms with E-state index in [0.717, 1.165) is 25.8 Å². The van der Waals surface area contributed by atoms with Gasteiger partial charge in [-0.05, 0) is 31.4 Å². The number of hydrogen-bond acceptors (Lipinski definition) is 4. The number of carboxylic acid groups (broad SMARTS) is 1. The lowest BCUT2D eigenvalue weighted by Gasteiger charge is -2.34. The van der Waals surface area contributed by atoms with E-state index in [0.29, 0.717) is 5.82 Å². The maximum absolute atomic E-state index is 11.1. The first kappa shape index (κ1) is 10.9. The summed E-state index contributed by atoms with van der Waals surface area (Å²) in [6, 6.07) is 3.19. The van der Waals surface area contributed by atoms with Crippen molar-refractivity contribution in [1.29, 1.82) is 0 Å². The number of nitrogens with zero attached hydrogens (tertiary/aromatic N) is 2. The molecule has 5 nitrogen and oxygen atoms in total. The van der Waals surface area contributed by atoms with Crippen molar-refractivity contribution in [3.8, 4) is 0 Å². The van der Waals surface area contributed by atoms with Crippen molar-refractivity contribution in [2.24, 2.45) is 5.73 Å². The Morgan fingerprint density at radius 3 is 3.06 bits per heavy atom. The number of anilines is 1. The summed E-state index contributed by atoms with van der Waals surface area (Å²) < 4.78 is 0. The predicted octanol–water partition coefficient (Wildman–Crippen LogP) is 1.05. The number of aromatic carboxylic acids is 1. The third-order valence-electron chi connectivity index (χ3n) is 2.84. The van der Waals surface area contributed by atoms with Gasteiger partial charge in [-0.25, -0.2) is 9.78 Å². The van der Waals surface area contributed by atoms with E-state index in [2.05, 4.69) is 4.98 Å².